The Morgan fingerprint density at radius 3 is 2.26 bits per heavy atom. The third-order valence-electron chi connectivity index (χ3n) is 4.06. The van der Waals surface area contributed by atoms with Crippen LogP contribution in [0.3, 0.4) is 0 Å². The maximum Gasteiger partial charge on any atom is 0.335 e. The molecular formula is C20H23NO6. The normalized spacial score (nSPS) is 10.2. The van der Waals surface area contributed by atoms with E-state index in [1.54, 1.807) is 32.4 Å². The number of benzene rings is 2. The van der Waals surface area contributed by atoms with Crippen LogP contribution in [0, 0.1) is 0 Å². The molecule has 27 heavy (non-hydrogen) atoms. The highest BCUT2D eigenvalue weighted by Crippen LogP contribution is 2.27. The van der Waals surface area contributed by atoms with Crippen LogP contribution in [-0.4, -0.2) is 44.9 Å². The fraction of sp³-hybridized carbons (Fsp3) is 0.300. The van der Waals surface area contributed by atoms with Gasteiger partial charge >= 0.3 is 5.97 Å². The summed E-state index contributed by atoms with van der Waals surface area (Å²) in [7, 11) is 4.59. The first-order valence-electron chi connectivity index (χ1n) is 8.36. The highest BCUT2D eigenvalue weighted by atomic mass is 16.5. The van der Waals surface area contributed by atoms with Crippen molar-refractivity contribution in [3.8, 4) is 17.2 Å². The van der Waals surface area contributed by atoms with Gasteiger partial charge < -0.3 is 24.6 Å². The fourth-order valence-electron chi connectivity index (χ4n) is 2.66. The van der Waals surface area contributed by atoms with Gasteiger partial charge in [-0.25, -0.2) is 4.79 Å². The van der Waals surface area contributed by atoms with E-state index in [0.717, 1.165) is 11.1 Å². The Morgan fingerprint density at radius 2 is 1.63 bits per heavy atom. The molecule has 0 aliphatic heterocycles. The summed E-state index contributed by atoms with van der Waals surface area (Å²) in [6.07, 6.45) is 0.746. The largest absolute Gasteiger partial charge is 0.496 e. The smallest absolute Gasteiger partial charge is 0.335 e. The van der Waals surface area contributed by atoms with Crippen LogP contribution in [0.4, 0.5) is 0 Å². The van der Waals surface area contributed by atoms with Gasteiger partial charge in [0.25, 0.3) is 0 Å². The third kappa shape index (κ3) is 5.37. The minimum atomic E-state index is -1.01. The standard InChI is InChI=1S/C20H23NO6/c1-25-16-7-4-13(10-18(16)27-3)11-19(22)21-9-8-14-5-6-15(20(23)24)12-17(14)26-2/h4-7,10,12H,8-9,11H2,1-3H3,(H,21,22)(H,23,24). The van der Waals surface area contributed by atoms with E-state index in [4.69, 9.17) is 19.3 Å². The Morgan fingerprint density at radius 1 is 0.926 bits per heavy atom. The highest BCUT2D eigenvalue weighted by Gasteiger charge is 2.11. The zero-order chi connectivity index (χ0) is 19.8. The molecule has 0 heterocycles. The van der Waals surface area contributed by atoms with E-state index in [2.05, 4.69) is 5.32 Å². The molecule has 2 aromatic rings. The van der Waals surface area contributed by atoms with Crippen molar-refractivity contribution in [2.45, 2.75) is 12.8 Å². The van der Waals surface area contributed by atoms with Crippen molar-refractivity contribution in [3.63, 3.8) is 0 Å². The number of carbonyl (C=O) groups excluding carboxylic acids is 1. The number of methoxy groups -OCH3 is 3. The quantitative estimate of drug-likeness (QED) is 0.701. The van der Waals surface area contributed by atoms with Gasteiger partial charge in [0.05, 0.1) is 33.3 Å². The molecule has 0 atom stereocenters. The predicted molar refractivity (Wildman–Crippen MR) is 99.9 cm³/mol. The van der Waals surface area contributed by atoms with Crippen LogP contribution in [0.5, 0.6) is 17.2 Å². The zero-order valence-corrected chi connectivity index (χ0v) is 15.6. The lowest BCUT2D eigenvalue weighted by Crippen LogP contribution is -2.27. The van der Waals surface area contributed by atoms with Crippen molar-refractivity contribution in [2.75, 3.05) is 27.9 Å². The Bertz CT molecular complexity index is 818. The van der Waals surface area contributed by atoms with Gasteiger partial charge in [0.1, 0.15) is 5.75 Å². The molecule has 2 rings (SSSR count). The molecule has 0 aromatic heterocycles. The molecule has 0 unspecified atom stereocenters. The molecule has 0 radical (unpaired) electrons. The van der Waals surface area contributed by atoms with Gasteiger partial charge in [0.2, 0.25) is 5.91 Å². The van der Waals surface area contributed by atoms with E-state index < -0.39 is 5.97 Å². The molecule has 0 spiro atoms. The molecule has 1 amide bonds. The SMILES string of the molecule is COc1cc(C(=O)O)ccc1CCNC(=O)Cc1ccc(OC)c(OC)c1. The molecule has 7 nitrogen and oxygen atoms in total. The van der Waals surface area contributed by atoms with Gasteiger partial charge in [-0.15, -0.1) is 0 Å². The molecule has 7 heteroatoms. The number of ether oxygens (including phenoxy) is 3. The van der Waals surface area contributed by atoms with Crippen LogP contribution in [0.1, 0.15) is 21.5 Å². The lowest BCUT2D eigenvalue weighted by atomic mass is 10.1. The van der Waals surface area contributed by atoms with Crippen molar-refractivity contribution >= 4 is 11.9 Å². The van der Waals surface area contributed by atoms with Gasteiger partial charge in [-0.05, 0) is 41.8 Å². The second-order valence-electron chi connectivity index (χ2n) is 5.80. The van der Waals surface area contributed by atoms with Crippen LogP contribution < -0.4 is 19.5 Å². The first-order valence-corrected chi connectivity index (χ1v) is 8.36. The van der Waals surface area contributed by atoms with Crippen LogP contribution in [-0.2, 0) is 17.6 Å². The fourth-order valence-corrected chi connectivity index (χ4v) is 2.66. The van der Waals surface area contributed by atoms with Crippen LogP contribution in [0.2, 0.25) is 0 Å². The number of aromatic carboxylic acids is 1. The molecule has 0 bridgehead atoms. The summed E-state index contributed by atoms with van der Waals surface area (Å²) in [5.41, 5.74) is 1.80. The number of amides is 1. The number of hydrogen-bond acceptors (Lipinski definition) is 5. The molecule has 0 aliphatic carbocycles. The molecule has 0 saturated heterocycles. The first kappa shape index (κ1) is 20.1. The minimum absolute atomic E-state index is 0.122. The Balaban J connectivity index is 1.92. The second kappa shape index (κ2) is 9.47. The number of nitrogens with one attached hydrogen (secondary N) is 1. The number of carbonyl (C=O) groups is 2. The van der Waals surface area contributed by atoms with E-state index in [-0.39, 0.29) is 17.9 Å². The van der Waals surface area contributed by atoms with Crippen molar-refractivity contribution < 1.29 is 28.9 Å². The summed E-state index contributed by atoms with van der Waals surface area (Å²) in [5, 5.41) is 11.9. The molecular weight excluding hydrogens is 350 g/mol. The van der Waals surface area contributed by atoms with E-state index in [0.29, 0.717) is 30.2 Å². The van der Waals surface area contributed by atoms with Gasteiger partial charge in [0.15, 0.2) is 11.5 Å². The number of carboxylic acid groups (broad SMARTS) is 1. The predicted octanol–water partition coefficient (Wildman–Crippen LogP) is 2.31. The van der Waals surface area contributed by atoms with Gasteiger partial charge in [-0.3, -0.25) is 4.79 Å². The first-order chi connectivity index (χ1) is 13.0. The number of carboxylic acids is 1. The second-order valence-corrected chi connectivity index (χ2v) is 5.80. The van der Waals surface area contributed by atoms with Gasteiger partial charge in [-0.1, -0.05) is 12.1 Å². The highest BCUT2D eigenvalue weighted by molar-refractivity contribution is 5.88. The van der Waals surface area contributed by atoms with Crippen LogP contribution in [0.25, 0.3) is 0 Å². The summed E-state index contributed by atoms with van der Waals surface area (Å²) in [6, 6.07) is 10.0. The average molecular weight is 373 g/mol. The lowest BCUT2D eigenvalue weighted by molar-refractivity contribution is -0.120. The zero-order valence-electron chi connectivity index (χ0n) is 15.6. The minimum Gasteiger partial charge on any atom is -0.496 e. The number of hydrogen-bond donors (Lipinski definition) is 2. The average Bonchev–Trinajstić information content (AvgIpc) is 2.67. The van der Waals surface area contributed by atoms with Crippen molar-refractivity contribution in [1.82, 2.24) is 5.32 Å². The van der Waals surface area contributed by atoms with Crippen LogP contribution in [0.15, 0.2) is 36.4 Å². The van der Waals surface area contributed by atoms with Crippen molar-refractivity contribution in [1.29, 1.82) is 0 Å². The molecule has 2 aromatic carbocycles. The molecule has 0 fully saturated rings. The van der Waals surface area contributed by atoms with E-state index in [1.807, 2.05) is 6.07 Å². The summed E-state index contributed by atoms with van der Waals surface area (Å²) in [6.45, 7) is 0.412. The lowest BCUT2D eigenvalue weighted by Gasteiger charge is -2.11. The Hall–Kier alpha value is -3.22. The van der Waals surface area contributed by atoms with Gasteiger partial charge in [-0.2, -0.15) is 0 Å². The monoisotopic (exact) mass is 373 g/mol. The summed E-state index contributed by atoms with van der Waals surface area (Å²) in [4.78, 5) is 23.2. The topological polar surface area (TPSA) is 94.1 Å². The molecule has 0 aliphatic rings. The maximum absolute atomic E-state index is 12.2. The maximum atomic E-state index is 12.2. The summed E-state index contributed by atoms with van der Waals surface area (Å²) < 4.78 is 15.7. The van der Waals surface area contributed by atoms with Crippen molar-refractivity contribution in [3.05, 3.63) is 53.1 Å². The van der Waals surface area contributed by atoms with Gasteiger partial charge in [0, 0.05) is 6.54 Å². The van der Waals surface area contributed by atoms with Crippen LogP contribution >= 0.6 is 0 Å². The Kier molecular flexibility index (Phi) is 7.05. The summed E-state index contributed by atoms with van der Waals surface area (Å²) >= 11 is 0. The van der Waals surface area contributed by atoms with E-state index in [9.17, 15) is 9.59 Å². The molecule has 2 N–H and O–H groups in total. The van der Waals surface area contributed by atoms with E-state index in [1.165, 1.54) is 19.2 Å². The Labute approximate surface area is 157 Å². The third-order valence-corrected chi connectivity index (χ3v) is 4.06. The van der Waals surface area contributed by atoms with E-state index >= 15 is 0 Å². The number of rotatable bonds is 9. The molecule has 0 saturated carbocycles. The van der Waals surface area contributed by atoms with Crippen molar-refractivity contribution in [2.24, 2.45) is 0 Å². The molecule has 144 valence electrons. The summed E-state index contributed by atoms with van der Waals surface area (Å²) in [5.74, 6) is 0.542.